The number of rotatable bonds is 5. The van der Waals surface area contributed by atoms with Gasteiger partial charge in [0.1, 0.15) is 0 Å². The first-order valence-corrected chi connectivity index (χ1v) is 11.4. The summed E-state index contributed by atoms with van der Waals surface area (Å²) in [4.78, 5) is 28.4. The normalized spacial score (nSPS) is 14.5. The minimum Gasteiger partial charge on any atom is -0.348 e. The largest absolute Gasteiger partial charge is 0.348 e. The number of nitrogens with zero attached hydrogens (tertiary/aromatic N) is 1. The van der Waals surface area contributed by atoms with Crippen molar-refractivity contribution in [3.05, 3.63) is 101 Å². The Hall–Kier alpha value is -3.31. The van der Waals surface area contributed by atoms with Gasteiger partial charge < -0.3 is 10.2 Å². The second-order valence-corrected chi connectivity index (χ2v) is 8.38. The van der Waals surface area contributed by atoms with Gasteiger partial charge >= 0.3 is 0 Å². The monoisotopic (exact) mass is 428 g/mol. The number of fused-ring (bicyclic) bond motifs is 1. The fourth-order valence-electron chi connectivity index (χ4n) is 3.69. The molecule has 1 aliphatic heterocycles. The maximum Gasteiger partial charge on any atom is 0.254 e. The van der Waals surface area contributed by atoms with Crippen molar-refractivity contribution in [3.63, 3.8) is 0 Å². The van der Waals surface area contributed by atoms with E-state index in [0.29, 0.717) is 24.1 Å². The molecular formula is C26H24N2O2S. The number of anilines is 1. The number of carbonyl (C=O) groups is 2. The Morgan fingerprint density at radius 1 is 1.06 bits per heavy atom. The lowest BCUT2D eigenvalue weighted by Gasteiger charge is -2.28. The molecule has 0 atom stereocenters. The van der Waals surface area contributed by atoms with Crippen LogP contribution in [0.2, 0.25) is 0 Å². The SMILES string of the molecule is CSc1ccc(CNC(=O)c2ccc3c(c2)C/C(=C\c2ccccc2)C(=O)N3C)cc1. The maximum absolute atomic E-state index is 12.8. The van der Waals surface area contributed by atoms with Crippen molar-refractivity contribution < 1.29 is 9.59 Å². The summed E-state index contributed by atoms with van der Waals surface area (Å²) in [6.45, 7) is 0.474. The summed E-state index contributed by atoms with van der Waals surface area (Å²) in [6.07, 6.45) is 4.47. The van der Waals surface area contributed by atoms with Gasteiger partial charge in [0.2, 0.25) is 0 Å². The fourth-order valence-corrected chi connectivity index (χ4v) is 4.10. The van der Waals surface area contributed by atoms with Crippen LogP contribution in [0.3, 0.4) is 0 Å². The molecule has 0 saturated heterocycles. The third-order valence-electron chi connectivity index (χ3n) is 5.42. The zero-order chi connectivity index (χ0) is 21.8. The zero-order valence-corrected chi connectivity index (χ0v) is 18.4. The lowest BCUT2D eigenvalue weighted by atomic mass is 9.94. The van der Waals surface area contributed by atoms with E-state index >= 15 is 0 Å². The van der Waals surface area contributed by atoms with Crippen molar-refractivity contribution in [3.8, 4) is 0 Å². The Morgan fingerprint density at radius 3 is 2.52 bits per heavy atom. The molecule has 1 aliphatic rings. The van der Waals surface area contributed by atoms with E-state index in [9.17, 15) is 9.59 Å². The van der Waals surface area contributed by atoms with Crippen molar-refractivity contribution in [1.82, 2.24) is 5.32 Å². The van der Waals surface area contributed by atoms with Crippen LogP contribution in [0.25, 0.3) is 6.08 Å². The third kappa shape index (κ3) is 4.72. The van der Waals surface area contributed by atoms with Gasteiger partial charge in [-0.2, -0.15) is 0 Å². The molecule has 0 aliphatic carbocycles. The van der Waals surface area contributed by atoms with E-state index in [1.807, 2.05) is 66.9 Å². The van der Waals surface area contributed by atoms with Crippen LogP contribution in [-0.2, 0) is 17.8 Å². The summed E-state index contributed by atoms with van der Waals surface area (Å²) >= 11 is 1.69. The van der Waals surface area contributed by atoms with Crippen LogP contribution in [0.15, 0.2) is 83.3 Å². The van der Waals surface area contributed by atoms with Gasteiger partial charge in [0.15, 0.2) is 0 Å². The summed E-state index contributed by atoms with van der Waals surface area (Å²) in [6, 6.07) is 23.5. The number of hydrogen-bond donors (Lipinski definition) is 1. The molecule has 1 N–H and O–H groups in total. The average molecular weight is 429 g/mol. The average Bonchev–Trinajstić information content (AvgIpc) is 2.81. The molecule has 0 unspecified atom stereocenters. The highest BCUT2D eigenvalue weighted by atomic mass is 32.2. The van der Waals surface area contributed by atoms with Gasteiger partial charge in [-0.3, -0.25) is 9.59 Å². The van der Waals surface area contributed by atoms with Crippen LogP contribution in [-0.4, -0.2) is 25.1 Å². The Bertz CT molecular complexity index is 1140. The van der Waals surface area contributed by atoms with Gasteiger partial charge in [0, 0.05) is 41.7 Å². The third-order valence-corrected chi connectivity index (χ3v) is 6.16. The van der Waals surface area contributed by atoms with Gasteiger partial charge in [-0.25, -0.2) is 0 Å². The topological polar surface area (TPSA) is 49.4 Å². The number of amides is 2. The molecule has 2 amide bonds. The molecule has 1 heterocycles. The Kier molecular flexibility index (Phi) is 6.23. The molecule has 156 valence electrons. The number of hydrogen-bond acceptors (Lipinski definition) is 3. The standard InChI is InChI=1S/C26H24N2O2S/c1-28-24-13-10-20(25(29)27-17-19-8-11-23(31-2)12-9-19)15-21(24)16-22(26(28)30)14-18-6-4-3-5-7-18/h3-15H,16-17H2,1-2H3,(H,27,29)/b22-14+. The van der Waals surface area contributed by atoms with E-state index < -0.39 is 0 Å². The molecule has 0 radical (unpaired) electrons. The Morgan fingerprint density at radius 2 is 1.81 bits per heavy atom. The summed E-state index contributed by atoms with van der Waals surface area (Å²) < 4.78 is 0. The first-order chi connectivity index (χ1) is 15.0. The molecule has 0 bridgehead atoms. The number of benzene rings is 3. The zero-order valence-electron chi connectivity index (χ0n) is 17.6. The number of likely N-dealkylation sites (N-methyl/N-ethyl adjacent to an activating group) is 1. The summed E-state index contributed by atoms with van der Waals surface area (Å²) in [7, 11) is 1.77. The highest BCUT2D eigenvalue weighted by Crippen LogP contribution is 2.31. The molecule has 0 fully saturated rings. The lowest BCUT2D eigenvalue weighted by molar-refractivity contribution is -0.115. The predicted octanol–water partition coefficient (Wildman–Crippen LogP) is 4.94. The van der Waals surface area contributed by atoms with Crippen molar-refractivity contribution in [2.24, 2.45) is 0 Å². The minimum absolute atomic E-state index is 0.0118. The van der Waals surface area contributed by atoms with Gasteiger partial charge in [0.25, 0.3) is 11.8 Å². The molecular weight excluding hydrogens is 404 g/mol. The molecule has 0 saturated carbocycles. The van der Waals surface area contributed by atoms with E-state index in [-0.39, 0.29) is 11.8 Å². The van der Waals surface area contributed by atoms with Gasteiger partial charge in [-0.05, 0) is 59.4 Å². The van der Waals surface area contributed by atoms with E-state index in [4.69, 9.17) is 0 Å². The summed E-state index contributed by atoms with van der Waals surface area (Å²) in [5, 5.41) is 2.99. The highest BCUT2D eigenvalue weighted by Gasteiger charge is 2.26. The van der Waals surface area contributed by atoms with Crippen molar-refractivity contribution in [1.29, 1.82) is 0 Å². The predicted molar refractivity (Wildman–Crippen MR) is 127 cm³/mol. The highest BCUT2D eigenvalue weighted by molar-refractivity contribution is 7.98. The molecule has 3 aromatic carbocycles. The molecule has 5 heteroatoms. The van der Waals surface area contributed by atoms with Gasteiger partial charge in [-0.1, -0.05) is 42.5 Å². The van der Waals surface area contributed by atoms with Crippen LogP contribution in [0.1, 0.15) is 27.0 Å². The van der Waals surface area contributed by atoms with Crippen molar-refractivity contribution in [2.75, 3.05) is 18.2 Å². The van der Waals surface area contributed by atoms with Crippen LogP contribution >= 0.6 is 11.8 Å². The van der Waals surface area contributed by atoms with E-state index in [1.54, 1.807) is 29.8 Å². The van der Waals surface area contributed by atoms with Crippen LogP contribution < -0.4 is 10.2 Å². The molecule has 4 rings (SSSR count). The second kappa shape index (κ2) is 9.23. The molecule has 0 spiro atoms. The van der Waals surface area contributed by atoms with Crippen molar-refractivity contribution in [2.45, 2.75) is 17.9 Å². The van der Waals surface area contributed by atoms with E-state index in [1.165, 1.54) is 4.90 Å². The maximum atomic E-state index is 12.8. The van der Waals surface area contributed by atoms with E-state index in [0.717, 1.165) is 22.4 Å². The number of carbonyl (C=O) groups excluding carboxylic acids is 2. The smallest absolute Gasteiger partial charge is 0.254 e. The first kappa shape index (κ1) is 20.9. The van der Waals surface area contributed by atoms with Crippen LogP contribution in [0.4, 0.5) is 5.69 Å². The van der Waals surface area contributed by atoms with E-state index in [2.05, 4.69) is 17.4 Å². The fraction of sp³-hybridized carbons (Fsp3) is 0.154. The Labute approximate surface area is 187 Å². The first-order valence-electron chi connectivity index (χ1n) is 10.1. The molecule has 0 aromatic heterocycles. The molecule has 31 heavy (non-hydrogen) atoms. The quantitative estimate of drug-likeness (QED) is 0.463. The molecule has 4 nitrogen and oxygen atoms in total. The second-order valence-electron chi connectivity index (χ2n) is 7.50. The Balaban J connectivity index is 1.52. The van der Waals surface area contributed by atoms with Crippen LogP contribution in [0, 0.1) is 0 Å². The number of thioether (sulfide) groups is 1. The van der Waals surface area contributed by atoms with Gasteiger partial charge in [-0.15, -0.1) is 11.8 Å². The van der Waals surface area contributed by atoms with Crippen LogP contribution in [0.5, 0.6) is 0 Å². The lowest BCUT2D eigenvalue weighted by Crippen LogP contribution is -2.33. The minimum atomic E-state index is -0.120. The number of nitrogens with one attached hydrogen (secondary N) is 1. The molecule has 3 aromatic rings. The summed E-state index contributed by atoms with van der Waals surface area (Å²) in [5.41, 5.74) is 5.18. The summed E-state index contributed by atoms with van der Waals surface area (Å²) in [5.74, 6) is -0.132. The van der Waals surface area contributed by atoms with Crippen molar-refractivity contribution >= 4 is 35.3 Å². The van der Waals surface area contributed by atoms with Gasteiger partial charge in [0.05, 0.1) is 0 Å².